The van der Waals surface area contributed by atoms with Gasteiger partial charge in [-0.05, 0) is 46.6 Å². The molecule has 2 heterocycles. The summed E-state index contributed by atoms with van der Waals surface area (Å²) in [7, 11) is -3.79. The van der Waals surface area contributed by atoms with Crippen molar-refractivity contribution in [2.24, 2.45) is 5.14 Å². The summed E-state index contributed by atoms with van der Waals surface area (Å²) >= 11 is 3.31. The van der Waals surface area contributed by atoms with E-state index >= 15 is 0 Å². The summed E-state index contributed by atoms with van der Waals surface area (Å²) in [5.41, 5.74) is 1.81. The first-order valence-corrected chi connectivity index (χ1v) is 7.68. The van der Waals surface area contributed by atoms with E-state index in [9.17, 15) is 8.42 Å². The van der Waals surface area contributed by atoms with Gasteiger partial charge in [-0.25, -0.2) is 18.5 Å². The molecule has 0 fully saturated rings. The number of pyridine rings is 1. The second kappa shape index (κ2) is 5.32. The minimum absolute atomic E-state index is 0.241. The number of hydrogen-bond donors (Lipinski definition) is 2. The SMILES string of the molecule is Cc1cc(NCc2ccc(S(N)(=O)=O)o2)cnc1Br. The van der Waals surface area contributed by atoms with Crippen LogP contribution in [0.4, 0.5) is 5.69 Å². The highest BCUT2D eigenvalue weighted by Crippen LogP contribution is 2.18. The van der Waals surface area contributed by atoms with Crippen molar-refractivity contribution in [3.63, 3.8) is 0 Å². The van der Waals surface area contributed by atoms with Crippen LogP contribution >= 0.6 is 15.9 Å². The van der Waals surface area contributed by atoms with Gasteiger partial charge in [0.2, 0.25) is 5.09 Å². The molecule has 19 heavy (non-hydrogen) atoms. The van der Waals surface area contributed by atoms with Crippen molar-refractivity contribution in [3.8, 4) is 0 Å². The van der Waals surface area contributed by atoms with Crippen molar-refractivity contribution < 1.29 is 12.8 Å². The smallest absolute Gasteiger partial charge is 0.271 e. The molecular formula is C11H12BrN3O3S. The van der Waals surface area contributed by atoms with Crippen LogP contribution in [0.5, 0.6) is 0 Å². The summed E-state index contributed by atoms with van der Waals surface area (Å²) in [6.07, 6.45) is 1.67. The van der Waals surface area contributed by atoms with E-state index in [0.717, 1.165) is 15.9 Å². The van der Waals surface area contributed by atoms with Gasteiger partial charge in [0.25, 0.3) is 10.0 Å². The Morgan fingerprint density at radius 1 is 1.47 bits per heavy atom. The first-order valence-electron chi connectivity index (χ1n) is 5.34. The average Bonchev–Trinajstić information content (AvgIpc) is 2.79. The van der Waals surface area contributed by atoms with Crippen LogP contribution in [0.1, 0.15) is 11.3 Å². The van der Waals surface area contributed by atoms with Gasteiger partial charge in [-0.1, -0.05) is 0 Å². The number of sulfonamides is 1. The standard InChI is InChI=1S/C11H12BrN3O3S/c1-7-4-8(5-15-11(7)12)14-6-9-2-3-10(18-9)19(13,16)17/h2-5,14H,6H2,1H3,(H2,13,16,17). The Morgan fingerprint density at radius 2 is 2.21 bits per heavy atom. The van der Waals surface area contributed by atoms with Crippen LogP contribution in [-0.2, 0) is 16.6 Å². The van der Waals surface area contributed by atoms with Gasteiger partial charge in [0.05, 0.1) is 18.4 Å². The number of halogens is 1. The lowest BCUT2D eigenvalue weighted by atomic mass is 10.3. The molecule has 0 amide bonds. The summed E-state index contributed by atoms with van der Waals surface area (Å²) < 4.78 is 28.0. The molecule has 0 saturated carbocycles. The Kier molecular flexibility index (Phi) is 3.93. The Morgan fingerprint density at radius 3 is 2.79 bits per heavy atom. The molecular weight excluding hydrogens is 334 g/mol. The molecule has 0 radical (unpaired) electrons. The highest BCUT2D eigenvalue weighted by molar-refractivity contribution is 9.10. The summed E-state index contributed by atoms with van der Waals surface area (Å²) in [6.45, 7) is 2.27. The molecule has 0 spiro atoms. The summed E-state index contributed by atoms with van der Waals surface area (Å²) in [4.78, 5) is 4.14. The highest BCUT2D eigenvalue weighted by Gasteiger charge is 2.12. The van der Waals surface area contributed by atoms with Gasteiger partial charge in [-0.15, -0.1) is 0 Å². The lowest BCUT2D eigenvalue weighted by Crippen LogP contribution is -2.10. The van der Waals surface area contributed by atoms with E-state index in [1.54, 1.807) is 12.3 Å². The molecule has 2 aromatic heterocycles. The van der Waals surface area contributed by atoms with Gasteiger partial charge in [0.1, 0.15) is 10.4 Å². The van der Waals surface area contributed by atoms with Crippen LogP contribution in [0.15, 0.2) is 38.5 Å². The Bertz CT molecular complexity index is 697. The molecule has 0 atom stereocenters. The van der Waals surface area contributed by atoms with E-state index in [4.69, 9.17) is 9.56 Å². The third kappa shape index (κ3) is 3.55. The van der Waals surface area contributed by atoms with Gasteiger partial charge in [0, 0.05) is 0 Å². The van der Waals surface area contributed by atoms with Crippen molar-refractivity contribution in [2.75, 3.05) is 5.32 Å². The second-order valence-electron chi connectivity index (χ2n) is 3.95. The number of nitrogens with one attached hydrogen (secondary N) is 1. The molecule has 0 aliphatic rings. The number of nitrogens with zero attached hydrogens (tertiary/aromatic N) is 1. The van der Waals surface area contributed by atoms with Crippen LogP contribution < -0.4 is 10.5 Å². The lowest BCUT2D eigenvalue weighted by Gasteiger charge is -2.05. The van der Waals surface area contributed by atoms with Gasteiger partial charge >= 0.3 is 0 Å². The topological polar surface area (TPSA) is 98.2 Å². The van der Waals surface area contributed by atoms with Crippen LogP contribution in [0.3, 0.4) is 0 Å². The van der Waals surface area contributed by atoms with E-state index in [-0.39, 0.29) is 5.09 Å². The third-order valence-electron chi connectivity index (χ3n) is 2.40. The number of aryl methyl sites for hydroxylation is 1. The fourth-order valence-corrected chi connectivity index (χ4v) is 2.15. The van der Waals surface area contributed by atoms with Crippen LogP contribution in [-0.4, -0.2) is 13.4 Å². The van der Waals surface area contributed by atoms with Gasteiger partial charge in [-0.3, -0.25) is 0 Å². The van der Waals surface area contributed by atoms with E-state index in [0.29, 0.717) is 12.3 Å². The first-order chi connectivity index (χ1) is 8.86. The van der Waals surface area contributed by atoms with Gasteiger partial charge in [-0.2, -0.15) is 0 Å². The number of aromatic nitrogens is 1. The molecule has 3 N–H and O–H groups in total. The molecule has 8 heteroatoms. The predicted molar refractivity (Wildman–Crippen MR) is 74.1 cm³/mol. The largest absolute Gasteiger partial charge is 0.446 e. The number of anilines is 1. The van der Waals surface area contributed by atoms with Gasteiger partial charge in [0.15, 0.2) is 0 Å². The average molecular weight is 346 g/mol. The maximum Gasteiger partial charge on any atom is 0.271 e. The van der Waals surface area contributed by atoms with Crippen molar-refractivity contribution in [2.45, 2.75) is 18.6 Å². The zero-order valence-electron chi connectivity index (χ0n) is 10.1. The molecule has 2 aromatic rings. The molecule has 0 aliphatic carbocycles. The summed E-state index contributed by atoms with van der Waals surface area (Å²) in [5.74, 6) is 0.476. The normalized spacial score (nSPS) is 11.5. The monoisotopic (exact) mass is 345 g/mol. The minimum atomic E-state index is -3.79. The number of primary sulfonamides is 1. The van der Waals surface area contributed by atoms with Crippen LogP contribution in [0.25, 0.3) is 0 Å². The predicted octanol–water partition coefficient (Wildman–Crippen LogP) is 2.01. The van der Waals surface area contributed by atoms with Crippen LogP contribution in [0, 0.1) is 6.92 Å². The molecule has 0 unspecified atom stereocenters. The number of rotatable bonds is 4. The third-order valence-corrected chi connectivity index (χ3v) is 4.01. The minimum Gasteiger partial charge on any atom is -0.446 e. The van der Waals surface area contributed by atoms with Crippen molar-refractivity contribution >= 4 is 31.6 Å². The highest BCUT2D eigenvalue weighted by atomic mass is 79.9. The quantitative estimate of drug-likeness (QED) is 0.825. The van der Waals surface area contributed by atoms with E-state index in [2.05, 4.69) is 26.2 Å². The molecule has 0 aromatic carbocycles. The molecule has 6 nitrogen and oxygen atoms in total. The molecule has 0 saturated heterocycles. The zero-order valence-corrected chi connectivity index (χ0v) is 12.5. The molecule has 2 rings (SSSR count). The zero-order chi connectivity index (χ0) is 14.0. The Balaban J connectivity index is 2.06. The molecule has 102 valence electrons. The van der Waals surface area contributed by atoms with Crippen molar-refractivity contribution in [1.82, 2.24) is 4.98 Å². The van der Waals surface area contributed by atoms with Gasteiger partial charge < -0.3 is 9.73 Å². The lowest BCUT2D eigenvalue weighted by molar-refractivity contribution is 0.419. The Hall–Kier alpha value is -1.38. The van der Waals surface area contributed by atoms with E-state index in [1.807, 2.05) is 13.0 Å². The molecule has 0 bridgehead atoms. The Labute approximate surface area is 119 Å². The number of hydrogen-bond acceptors (Lipinski definition) is 5. The number of nitrogens with two attached hydrogens (primary N) is 1. The fraction of sp³-hybridized carbons (Fsp3) is 0.182. The van der Waals surface area contributed by atoms with Crippen LogP contribution in [0.2, 0.25) is 0 Å². The summed E-state index contributed by atoms with van der Waals surface area (Å²) in [6, 6.07) is 4.81. The summed E-state index contributed by atoms with van der Waals surface area (Å²) in [5, 5.41) is 7.80. The van der Waals surface area contributed by atoms with E-state index in [1.165, 1.54) is 6.07 Å². The first kappa shape index (κ1) is 14.0. The number of furan rings is 1. The van der Waals surface area contributed by atoms with E-state index < -0.39 is 10.0 Å². The fourth-order valence-electron chi connectivity index (χ4n) is 1.45. The molecule has 0 aliphatic heterocycles. The van der Waals surface area contributed by atoms with Crippen molar-refractivity contribution in [1.29, 1.82) is 0 Å². The second-order valence-corrected chi connectivity index (χ2v) is 6.19. The maximum atomic E-state index is 11.1. The van der Waals surface area contributed by atoms with Crippen molar-refractivity contribution in [3.05, 3.63) is 40.3 Å². The maximum absolute atomic E-state index is 11.1.